The lowest BCUT2D eigenvalue weighted by atomic mass is 10.1. The summed E-state index contributed by atoms with van der Waals surface area (Å²) in [6.07, 6.45) is -4.52. The quantitative estimate of drug-likeness (QED) is 0.829. The third kappa shape index (κ3) is 3.51. The summed E-state index contributed by atoms with van der Waals surface area (Å²) in [6.45, 7) is 3.74. The van der Waals surface area contributed by atoms with Gasteiger partial charge in [0, 0.05) is 16.1 Å². The molecule has 0 saturated heterocycles. The van der Waals surface area contributed by atoms with Crippen LogP contribution in [0.2, 0.25) is 0 Å². The van der Waals surface area contributed by atoms with Crippen LogP contribution < -0.4 is 11.1 Å². The zero-order valence-electron chi connectivity index (χ0n) is 11.2. The molecule has 21 heavy (non-hydrogen) atoms. The van der Waals surface area contributed by atoms with E-state index >= 15 is 0 Å². The standard InChI is InChI=1S/C13H12F3N3S2/c1-6-7(2)21-12(18-6)19-8-3-4-9(11(17)20)10(5-8)13(14,15)16/h3-5H,1-2H3,(H2,17,20)(H,18,19). The molecule has 0 saturated carbocycles. The molecule has 0 unspecified atom stereocenters. The van der Waals surface area contributed by atoms with E-state index in [4.69, 9.17) is 5.73 Å². The van der Waals surface area contributed by atoms with Gasteiger partial charge in [-0.05, 0) is 32.0 Å². The Morgan fingerprint density at radius 1 is 1.33 bits per heavy atom. The summed E-state index contributed by atoms with van der Waals surface area (Å²) in [5, 5.41) is 3.41. The average Bonchev–Trinajstić information content (AvgIpc) is 2.66. The van der Waals surface area contributed by atoms with Gasteiger partial charge in [0.05, 0.1) is 11.3 Å². The van der Waals surface area contributed by atoms with Crippen molar-refractivity contribution >= 4 is 39.4 Å². The van der Waals surface area contributed by atoms with Crippen molar-refractivity contribution in [2.45, 2.75) is 20.0 Å². The second kappa shape index (κ2) is 5.61. The van der Waals surface area contributed by atoms with Gasteiger partial charge in [-0.25, -0.2) is 4.98 Å². The predicted octanol–water partition coefficient (Wildman–Crippen LogP) is 4.16. The van der Waals surface area contributed by atoms with Crippen LogP contribution in [-0.4, -0.2) is 9.97 Å². The topological polar surface area (TPSA) is 50.9 Å². The number of alkyl halides is 3. The van der Waals surface area contributed by atoms with Gasteiger partial charge in [-0.15, -0.1) is 11.3 Å². The third-order valence-electron chi connectivity index (χ3n) is 2.87. The van der Waals surface area contributed by atoms with Gasteiger partial charge in [-0.3, -0.25) is 0 Å². The molecule has 2 aromatic rings. The summed E-state index contributed by atoms with van der Waals surface area (Å²) >= 11 is 6.04. The van der Waals surface area contributed by atoms with Crippen LogP contribution in [0.3, 0.4) is 0 Å². The highest BCUT2D eigenvalue weighted by molar-refractivity contribution is 7.80. The van der Waals surface area contributed by atoms with Crippen LogP contribution in [0.1, 0.15) is 21.7 Å². The van der Waals surface area contributed by atoms with Crippen LogP contribution in [-0.2, 0) is 6.18 Å². The molecule has 0 aliphatic heterocycles. The molecule has 3 N–H and O–H groups in total. The van der Waals surface area contributed by atoms with Crippen molar-refractivity contribution in [1.29, 1.82) is 0 Å². The Kier molecular flexibility index (Phi) is 4.20. The van der Waals surface area contributed by atoms with Crippen molar-refractivity contribution in [1.82, 2.24) is 4.98 Å². The molecule has 0 radical (unpaired) electrons. The van der Waals surface area contributed by atoms with E-state index in [-0.39, 0.29) is 16.2 Å². The first-order valence-corrected chi connectivity index (χ1v) is 7.13. The first-order chi connectivity index (χ1) is 9.68. The number of aromatic nitrogens is 1. The molecule has 2 rings (SSSR count). The largest absolute Gasteiger partial charge is 0.417 e. The van der Waals surface area contributed by atoms with Crippen molar-refractivity contribution < 1.29 is 13.2 Å². The number of aryl methyl sites for hydroxylation is 2. The molecule has 0 atom stereocenters. The highest BCUT2D eigenvalue weighted by Gasteiger charge is 2.34. The lowest BCUT2D eigenvalue weighted by molar-refractivity contribution is -0.137. The van der Waals surface area contributed by atoms with Crippen LogP contribution in [0.5, 0.6) is 0 Å². The number of nitrogens with two attached hydrogens (primary N) is 1. The molecule has 0 fully saturated rings. The molecule has 1 heterocycles. The van der Waals surface area contributed by atoms with E-state index in [1.807, 2.05) is 13.8 Å². The molecule has 3 nitrogen and oxygen atoms in total. The van der Waals surface area contributed by atoms with Crippen molar-refractivity contribution in [3.05, 3.63) is 39.9 Å². The lowest BCUT2D eigenvalue weighted by Crippen LogP contribution is -2.18. The molecule has 112 valence electrons. The van der Waals surface area contributed by atoms with E-state index in [1.54, 1.807) is 0 Å². The summed E-state index contributed by atoms with van der Waals surface area (Å²) < 4.78 is 39.1. The fraction of sp³-hybridized carbons (Fsp3) is 0.231. The number of hydrogen-bond donors (Lipinski definition) is 2. The minimum Gasteiger partial charge on any atom is -0.389 e. The van der Waals surface area contributed by atoms with Crippen LogP contribution in [0.15, 0.2) is 18.2 Å². The summed E-state index contributed by atoms with van der Waals surface area (Å²) in [7, 11) is 0. The Morgan fingerprint density at radius 3 is 2.48 bits per heavy atom. The molecule has 0 spiro atoms. The maximum Gasteiger partial charge on any atom is 0.417 e. The minimum absolute atomic E-state index is 0.186. The number of nitrogens with zero attached hydrogens (tertiary/aromatic N) is 1. The van der Waals surface area contributed by atoms with E-state index in [1.165, 1.54) is 23.5 Å². The first kappa shape index (κ1) is 15.7. The monoisotopic (exact) mass is 331 g/mol. The summed E-state index contributed by atoms with van der Waals surface area (Å²) in [5.74, 6) is 0. The molecule has 0 aliphatic rings. The molecule has 0 aliphatic carbocycles. The van der Waals surface area contributed by atoms with Crippen LogP contribution >= 0.6 is 23.6 Å². The Hall–Kier alpha value is -1.67. The fourth-order valence-corrected chi connectivity index (χ4v) is 2.73. The fourth-order valence-electron chi connectivity index (χ4n) is 1.72. The molecule has 1 aromatic heterocycles. The van der Waals surface area contributed by atoms with E-state index in [9.17, 15) is 13.2 Å². The van der Waals surface area contributed by atoms with Gasteiger partial charge in [0.25, 0.3) is 0 Å². The molecular formula is C13H12F3N3S2. The number of benzene rings is 1. The van der Waals surface area contributed by atoms with Gasteiger partial charge < -0.3 is 11.1 Å². The maximum atomic E-state index is 13.0. The van der Waals surface area contributed by atoms with Gasteiger partial charge >= 0.3 is 6.18 Å². The summed E-state index contributed by atoms with van der Waals surface area (Å²) in [6, 6.07) is 3.75. The Labute approximate surface area is 129 Å². The second-order valence-corrected chi connectivity index (χ2v) is 6.05. The molecule has 0 bridgehead atoms. The van der Waals surface area contributed by atoms with Crippen LogP contribution in [0, 0.1) is 13.8 Å². The zero-order valence-corrected chi connectivity index (χ0v) is 12.8. The summed E-state index contributed by atoms with van der Waals surface area (Å²) in [4.78, 5) is 4.96. The van der Waals surface area contributed by atoms with E-state index in [2.05, 4.69) is 22.5 Å². The van der Waals surface area contributed by atoms with Gasteiger partial charge in [0.2, 0.25) is 0 Å². The predicted molar refractivity (Wildman–Crippen MR) is 82.2 cm³/mol. The lowest BCUT2D eigenvalue weighted by Gasteiger charge is -2.14. The number of halogens is 3. The highest BCUT2D eigenvalue weighted by atomic mass is 32.1. The molecule has 1 aromatic carbocycles. The summed E-state index contributed by atoms with van der Waals surface area (Å²) in [5.41, 5.74) is 5.43. The Balaban J connectivity index is 2.40. The zero-order chi connectivity index (χ0) is 15.8. The SMILES string of the molecule is Cc1nc(Nc2ccc(C(N)=S)c(C(F)(F)F)c2)sc1C. The third-order valence-corrected chi connectivity index (χ3v) is 4.08. The number of nitrogens with one attached hydrogen (secondary N) is 1. The first-order valence-electron chi connectivity index (χ1n) is 5.90. The number of thiocarbonyl (C=S) groups is 1. The van der Waals surface area contributed by atoms with E-state index < -0.39 is 11.7 Å². The Bertz CT molecular complexity index is 673. The van der Waals surface area contributed by atoms with Crippen LogP contribution in [0.25, 0.3) is 0 Å². The highest BCUT2D eigenvalue weighted by Crippen LogP contribution is 2.35. The minimum atomic E-state index is -4.52. The van der Waals surface area contributed by atoms with Gasteiger partial charge in [-0.2, -0.15) is 13.2 Å². The van der Waals surface area contributed by atoms with Gasteiger partial charge in [0.1, 0.15) is 4.99 Å². The number of rotatable bonds is 3. The van der Waals surface area contributed by atoms with Gasteiger partial charge in [0.15, 0.2) is 5.13 Å². The van der Waals surface area contributed by atoms with Crippen molar-refractivity contribution in [3.63, 3.8) is 0 Å². The van der Waals surface area contributed by atoms with Crippen molar-refractivity contribution in [2.24, 2.45) is 5.73 Å². The normalized spacial score (nSPS) is 11.5. The van der Waals surface area contributed by atoms with Crippen LogP contribution in [0.4, 0.5) is 24.0 Å². The smallest absolute Gasteiger partial charge is 0.389 e. The van der Waals surface area contributed by atoms with E-state index in [0.29, 0.717) is 5.13 Å². The van der Waals surface area contributed by atoms with E-state index in [0.717, 1.165) is 16.6 Å². The van der Waals surface area contributed by atoms with Crippen molar-refractivity contribution in [2.75, 3.05) is 5.32 Å². The molecule has 8 heteroatoms. The molecular weight excluding hydrogens is 319 g/mol. The number of thiazole rings is 1. The number of hydrogen-bond acceptors (Lipinski definition) is 4. The van der Waals surface area contributed by atoms with Crippen molar-refractivity contribution in [3.8, 4) is 0 Å². The average molecular weight is 331 g/mol. The molecule has 0 amide bonds. The number of anilines is 2. The Morgan fingerprint density at radius 2 is 2.00 bits per heavy atom. The second-order valence-electron chi connectivity index (χ2n) is 4.41. The van der Waals surface area contributed by atoms with Gasteiger partial charge in [-0.1, -0.05) is 12.2 Å². The maximum absolute atomic E-state index is 13.0.